The number of hydrogen-bond acceptors (Lipinski definition) is 6. The summed E-state index contributed by atoms with van der Waals surface area (Å²) < 4.78 is 16.5. The van der Waals surface area contributed by atoms with Crippen molar-refractivity contribution >= 4 is 17.9 Å². The van der Waals surface area contributed by atoms with Gasteiger partial charge in [0.05, 0.1) is 5.92 Å². The predicted octanol–water partition coefficient (Wildman–Crippen LogP) is 8.49. The molecule has 1 unspecified atom stereocenters. The molecular formula is C37H50O6. The number of carbonyl (C=O) groups is 3. The topological polar surface area (TPSA) is 78.9 Å². The van der Waals surface area contributed by atoms with E-state index in [1.54, 1.807) is 11.1 Å². The summed E-state index contributed by atoms with van der Waals surface area (Å²) in [6.07, 6.45) is 13.4. The summed E-state index contributed by atoms with van der Waals surface area (Å²) in [7, 11) is 0. The largest absolute Gasteiger partial charge is 0.461 e. The van der Waals surface area contributed by atoms with Crippen LogP contribution >= 0.6 is 0 Å². The number of rotatable bonds is 15. The number of hydrogen-bond donors (Lipinski definition) is 0. The maximum Gasteiger partial charge on any atom is 0.331 e. The van der Waals surface area contributed by atoms with E-state index in [1.165, 1.54) is 37.8 Å². The first-order chi connectivity index (χ1) is 20.5. The fourth-order valence-corrected chi connectivity index (χ4v) is 6.15. The minimum atomic E-state index is -0.642. The number of ether oxygens (including phenoxy) is 3. The van der Waals surface area contributed by atoms with E-state index in [4.69, 9.17) is 14.2 Å². The van der Waals surface area contributed by atoms with Gasteiger partial charge in [0.2, 0.25) is 0 Å². The van der Waals surface area contributed by atoms with Crippen LogP contribution < -0.4 is 0 Å². The van der Waals surface area contributed by atoms with Crippen LogP contribution in [0.1, 0.15) is 111 Å². The monoisotopic (exact) mass is 590 g/mol. The molecule has 1 aromatic rings. The van der Waals surface area contributed by atoms with Crippen LogP contribution in [0.15, 0.2) is 76.4 Å². The van der Waals surface area contributed by atoms with Crippen molar-refractivity contribution in [1.82, 2.24) is 0 Å². The smallest absolute Gasteiger partial charge is 0.331 e. The summed E-state index contributed by atoms with van der Waals surface area (Å²) in [5.41, 5.74) is 7.30. The summed E-state index contributed by atoms with van der Waals surface area (Å²) in [5.74, 6) is -1.51. The lowest BCUT2D eigenvalue weighted by atomic mass is 9.71. The van der Waals surface area contributed by atoms with Crippen LogP contribution in [-0.2, 0) is 28.6 Å². The number of allylic oxidation sites excluding steroid dienone is 4. The van der Waals surface area contributed by atoms with Gasteiger partial charge in [0.25, 0.3) is 0 Å². The normalized spacial score (nSPS) is 18.6. The molecule has 1 aliphatic heterocycles. The van der Waals surface area contributed by atoms with E-state index in [-0.39, 0.29) is 30.6 Å². The predicted molar refractivity (Wildman–Crippen MR) is 170 cm³/mol. The van der Waals surface area contributed by atoms with Crippen molar-refractivity contribution in [3.05, 3.63) is 82.0 Å². The van der Waals surface area contributed by atoms with Crippen molar-refractivity contribution in [2.45, 2.75) is 111 Å². The maximum atomic E-state index is 13.3. The van der Waals surface area contributed by atoms with Crippen molar-refractivity contribution in [2.24, 2.45) is 5.41 Å². The van der Waals surface area contributed by atoms with Crippen LogP contribution in [0, 0.1) is 5.41 Å². The molecule has 0 radical (unpaired) electrons. The van der Waals surface area contributed by atoms with Gasteiger partial charge in [0, 0.05) is 25.0 Å². The molecule has 3 rings (SSSR count). The van der Waals surface area contributed by atoms with Crippen molar-refractivity contribution in [3.63, 3.8) is 0 Å². The molecule has 0 spiro atoms. The molecule has 0 saturated heterocycles. The zero-order valence-electron chi connectivity index (χ0n) is 27.0. The van der Waals surface area contributed by atoms with E-state index in [1.807, 2.05) is 43.3 Å². The molecule has 6 heteroatoms. The van der Waals surface area contributed by atoms with Crippen LogP contribution in [0.4, 0.5) is 0 Å². The minimum Gasteiger partial charge on any atom is -0.461 e. The molecule has 0 amide bonds. The zero-order chi connectivity index (χ0) is 31.4. The van der Waals surface area contributed by atoms with Crippen LogP contribution in [0.2, 0.25) is 0 Å². The highest BCUT2D eigenvalue weighted by Gasteiger charge is 2.29. The summed E-state index contributed by atoms with van der Waals surface area (Å²) in [4.78, 5) is 36.8. The van der Waals surface area contributed by atoms with Crippen molar-refractivity contribution in [2.75, 3.05) is 13.2 Å². The van der Waals surface area contributed by atoms with E-state index >= 15 is 0 Å². The lowest BCUT2D eigenvalue weighted by molar-refractivity contribution is -0.149. The first-order valence-electron chi connectivity index (χ1n) is 15.8. The van der Waals surface area contributed by atoms with Crippen molar-refractivity contribution < 1.29 is 28.6 Å². The maximum absolute atomic E-state index is 13.3. The number of cyclic esters (lactones) is 1. The van der Waals surface area contributed by atoms with Gasteiger partial charge in [-0.1, -0.05) is 80.0 Å². The van der Waals surface area contributed by atoms with Gasteiger partial charge in [-0.3, -0.25) is 9.59 Å². The molecule has 0 fully saturated rings. The van der Waals surface area contributed by atoms with E-state index in [0.29, 0.717) is 24.8 Å². The fourth-order valence-electron chi connectivity index (χ4n) is 6.15. The van der Waals surface area contributed by atoms with Gasteiger partial charge in [0.15, 0.2) is 0 Å². The van der Waals surface area contributed by atoms with Crippen LogP contribution in [0.25, 0.3) is 0 Å². The second-order valence-electron chi connectivity index (χ2n) is 12.6. The molecule has 1 heterocycles. The number of esters is 3. The van der Waals surface area contributed by atoms with Crippen molar-refractivity contribution in [3.8, 4) is 0 Å². The van der Waals surface area contributed by atoms with Gasteiger partial charge < -0.3 is 14.2 Å². The highest BCUT2D eigenvalue weighted by molar-refractivity contribution is 5.86. The molecule has 1 aromatic carbocycles. The Hall–Kier alpha value is -3.41. The first kappa shape index (κ1) is 34.1. The molecule has 43 heavy (non-hydrogen) atoms. The molecule has 6 nitrogen and oxygen atoms in total. The lowest BCUT2D eigenvalue weighted by Gasteiger charge is -2.35. The molecule has 0 saturated carbocycles. The van der Waals surface area contributed by atoms with Gasteiger partial charge in [0.1, 0.15) is 19.3 Å². The van der Waals surface area contributed by atoms with E-state index in [2.05, 4.69) is 33.8 Å². The molecule has 1 aliphatic carbocycles. The highest BCUT2D eigenvalue weighted by atomic mass is 16.6. The van der Waals surface area contributed by atoms with Gasteiger partial charge in [-0.25, -0.2) is 4.79 Å². The summed E-state index contributed by atoms with van der Waals surface area (Å²) in [6, 6.07) is 9.58. The van der Waals surface area contributed by atoms with E-state index < -0.39 is 18.0 Å². The molecule has 0 aromatic heterocycles. The Labute approximate surface area is 258 Å². The average molecular weight is 591 g/mol. The standard InChI is InChI=1S/C37H50O6/c1-7-32(30-16-9-8-10-17-30)36(40)43-34(31-23-35(39)42-25-31)21-19-29(24-41-28(4)38)15-11-13-26(2)18-20-33-27(3)14-12-22-37(33,5)6/h8-10,13,16-17,19,23,32,34H,7,11-12,14-15,18,20-22,24-25H2,1-6H3/b26-13+,29-19+/t32?,34-/m1/s1. The zero-order valence-corrected chi connectivity index (χ0v) is 27.0. The Balaban J connectivity index is 1.69. The summed E-state index contributed by atoms with van der Waals surface area (Å²) >= 11 is 0. The third kappa shape index (κ3) is 10.7. The third-order valence-corrected chi connectivity index (χ3v) is 8.75. The number of benzene rings is 1. The average Bonchev–Trinajstić information content (AvgIpc) is 3.39. The van der Waals surface area contributed by atoms with Crippen molar-refractivity contribution in [1.29, 1.82) is 0 Å². The molecule has 234 valence electrons. The third-order valence-electron chi connectivity index (χ3n) is 8.75. The SMILES string of the molecule is CCC(C(=O)O[C@H](C/C=C(\CC/C=C(\C)CCC1=C(C)CCCC1(C)C)COC(C)=O)C1=CC(=O)OC1)c1ccccc1. The Bertz CT molecular complexity index is 1250. The Morgan fingerprint density at radius 2 is 1.84 bits per heavy atom. The molecule has 0 N–H and O–H groups in total. The Morgan fingerprint density at radius 3 is 2.47 bits per heavy atom. The van der Waals surface area contributed by atoms with E-state index in [0.717, 1.165) is 30.4 Å². The summed E-state index contributed by atoms with van der Waals surface area (Å²) in [6.45, 7) is 12.9. The second-order valence-corrected chi connectivity index (χ2v) is 12.6. The summed E-state index contributed by atoms with van der Waals surface area (Å²) in [5, 5.41) is 0. The van der Waals surface area contributed by atoms with Gasteiger partial charge >= 0.3 is 17.9 Å². The van der Waals surface area contributed by atoms with Crippen LogP contribution in [0.5, 0.6) is 0 Å². The molecule has 0 bridgehead atoms. The lowest BCUT2D eigenvalue weighted by Crippen LogP contribution is -2.25. The second kappa shape index (κ2) is 16.4. The van der Waals surface area contributed by atoms with Gasteiger partial charge in [-0.2, -0.15) is 0 Å². The fraction of sp³-hybridized carbons (Fsp3) is 0.541. The molecule has 2 aliphatic rings. The van der Waals surface area contributed by atoms with Crippen LogP contribution in [-0.4, -0.2) is 37.2 Å². The Morgan fingerprint density at radius 1 is 1.09 bits per heavy atom. The number of carbonyl (C=O) groups excluding carboxylic acids is 3. The van der Waals surface area contributed by atoms with Gasteiger partial charge in [-0.05, 0) is 81.8 Å². The molecule has 2 atom stereocenters. The van der Waals surface area contributed by atoms with Gasteiger partial charge in [-0.15, -0.1) is 0 Å². The Kier molecular flexibility index (Phi) is 13.0. The quantitative estimate of drug-likeness (QED) is 0.116. The minimum absolute atomic E-state index is 0.0979. The first-order valence-corrected chi connectivity index (χ1v) is 15.8. The van der Waals surface area contributed by atoms with Crippen LogP contribution in [0.3, 0.4) is 0 Å². The van der Waals surface area contributed by atoms with E-state index in [9.17, 15) is 14.4 Å². The highest BCUT2D eigenvalue weighted by Crippen LogP contribution is 2.42. The molecular weight excluding hydrogens is 540 g/mol.